The average Bonchev–Trinajstić information content (AvgIpc) is 3.58. The van der Waals surface area contributed by atoms with Crippen molar-refractivity contribution in [1.82, 2.24) is 9.30 Å². The Morgan fingerprint density at radius 1 is 1.21 bits per heavy atom. The number of aromatic nitrogens is 1. The second-order valence-electron chi connectivity index (χ2n) is 9.69. The van der Waals surface area contributed by atoms with Crippen molar-refractivity contribution >= 4 is 23.2 Å². The maximum Gasteiger partial charge on any atom is 0.410 e. The number of nitrogens with zero attached hydrogens (tertiary/aromatic N) is 2. The van der Waals surface area contributed by atoms with E-state index in [0.29, 0.717) is 36.2 Å². The molecule has 1 amide bonds. The van der Waals surface area contributed by atoms with Crippen molar-refractivity contribution in [2.24, 2.45) is 0 Å². The molecule has 1 fully saturated rings. The van der Waals surface area contributed by atoms with E-state index in [0.717, 1.165) is 24.0 Å². The molecule has 1 aliphatic carbocycles. The largest absolute Gasteiger partial charge is 0.465 e. The fourth-order valence-electron chi connectivity index (χ4n) is 4.40. The van der Waals surface area contributed by atoms with Crippen LogP contribution in [0.25, 0.3) is 11.1 Å². The van der Waals surface area contributed by atoms with Crippen LogP contribution >= 0.6 is 0 Å². The highest BCUT2D eigenvalue weighted by Crippen LogP contribution is 2.43. The van der Waals surface area contributed by atoms with Gasteiger partial charge in [-0.3, -0.25) is 9.20 Å². The predicted molar refractivity (Wildman–Crippen MR) is 122 cm³/mol. The fraction of sp³-hybridized carbons (Fsp3) is 0.480. The van der Waals surface area contributed by atoms with Gasteiger partial charge in [0.05, 0.1) is 12.6 Å². The van der Waals surface area contributed by atoms with E-state index in [1.165, 1.54) is 17.7 Å². The molecule has 33 heavy (non-hydrogen) atoms. The van der Waals surface area contributed by atoms with Crippen molar-refractivity contribution in [2.75, 3.05) is 20.2 Å². The molecule has 0 atom stereocenters. The van der Waals surface area contributed by atoms with Crippen LogP contribution in [0.5, 0.6) is 0 Å². The number of methoxy groups -OCH3 is 1. The molecular weight excluding hydrogens is 427 g/mol. The Kier molecular flexibility index (Phi) is 5.80. The minimum atomic E-state index is -0.726. The lowest BCUT2D eigenvalue weighted by Gasteiger charge is -2.30. The number of pyridine rings is 2. The second kappa shape index (κ2) is 8.32. The van der Waals surface area contributed by atoms with E-state index < -0.39 is 29.0 Å². The number of ether oxygens (including phenoxy) is 2. The summed E-state index contributed by atoms with van der Waals surface area (Å²) in [6.45, 7) is 7.98. The molecule has 7 nitrogen and oxygen atoms in total. The number of esters is 1. The monoisotopic (exact) mass is 456 g/mol. The number of carbonyl (C=O) groups excluding carboxylic acids is 2. The van der Waals surface area contributed by atoms with Crippen molar-refractivity contribution in [2.45, 2.75) is 58.5 Å². The molecular formula is C25H29FN2O5. The number of fused-ring (bicyclic) bond motifs is 1. The van der Waals surface area contributed by atoms with Gasteiger partial charge in [0.25, 0.3) is 5.56 Å². The van der Waals surface area contributed by atoms with Gasteiger partial charge in [-0.2, -0.15) is 0 Å². The van der Waals surface area contributed by atoms with Crippen LogP contribution in [0.1, 0.15) is 73.0 Å². The van der Waals surface area contributed by atoms with E-state index in [1.54, 1.807) is 17.9 Å². The molecule has 0 N–H and O–H groups in total. The maximum absolute atomic E-state index is 15.4. The number of hydrogen-bond acceptors (Lipinski definition) is 5. The molecule has 2 aromatic rings. The highest BCUT2D eigenvalue weighted by Gasteiger charge is 2.31. The van der Waals surface area contributed by atoms with E-state index in [-0.39, 0.29) is 11.5 Å². The van der Waals surface area contributed by atoms with E-state index in [1.807, 2.05) is 26.8 Å². The van der Waals surface area contributed by atoms with E-state index in [4.69, 9.17) is 9.47 Å². The zero-order valence-corrected chi connectivity index (χ0v) is 19.7. The molecule has 1 saturated carbocycles. The molecule has 0 saturated heterocycles. The third-order valence-corrected chi connectivity index (χ3v) is 6.08. The molecule has 2 aliphatic rings. The van der Waals surface area contributed by atoms with Gasteiger partial charge in [-0.05, 0) is 75.6 Å². The van der Waals surface area contributed by atoms with Crippen LogP contribution in [0.4, 0.5) is 9.18 Å². The number of aryl methyl sites for hydroxylation is 1. The van der Waals surface area contributed by atoms with Gasteiger partial charge in [0.1, 0.15) is 17.0 Å². The Labute approximate surface area is 191 Å². The normalized spacial score (nSPS) is 16.5. The highest BCUT2D eigenvalue weighted by atomic mass is 19.1. The standard InChI is InChI=1S/C25H29FN2O5/c1-14-20(16-8-10-27(11-9-16)24(31)33-25(2,3)4)19(26)13-28-21(14)17(15-6-7-15)12-18(22(28)29)23(30)32-5/h8,12-13,15H,6-7,9-11H2,1-5H3. The summed E-state index contributed by atoms with van der Waals surface area (Å²) >= 11 is 0. The van der Waals surface area contributed by atoms with Crippen molar-refractivity contribution in [3.63, 3.8) is 0 Å². The molecule has 3 heterocycles. The van der Waals surface area contributed by atoms with Gasteiger partial charge in [0, 0.05) is 24.8 Å². The van der Waals surface area contributed by atoms with Crippen molar-refractivity contribution < 1.29 is 23.5 Å². The average molecular weight is 457 g/mol. The summed E-state index contributed by atoms with van der Waals surface area (Å²) in [5.41, 5.74) is 2.13. The Balaban J connectivity index is 1.78. The topological polar surface area (TPSA) is 77.3 Å². The third kappa shape index (κ3) is 4.38. The molecule has 0 radical (unpaired) electrons. The van der Waals surface area contributed by atoms with Gasteiger partial charge in [0.15, 0.2) is 0 Å². The van der Waals surface area contributed by atoms with Crippen LogP contribution in [-0.2, 0) is 9.47 Å². The van der Waals surface area contributed by atoms with Crippen LogP contribution in [0.3, 0.4) is 0 Å². The highest BCUT2D eigenvalue weighted by molar-refractivity contribution is 5.90. The van der Waals surface area contributed by atoms with E-state index in [9.17, 15) is 14.4 Å². The first-order chi connectivity index (χ1) is 15.5. The van der Waals surface area contributed by atoms with Crippen molar-refractivity contribution in [3.8, 4) is 0 Å². The zero-order valence-electron chi connectivity index (χ0n) is 19.7. The maximum atomic E-state index is 15.4. The molecule has 0 unspecified atom stereocenters. The summed E-state index contributed by atoms with van der Waals surface area (Å²) in [5.74, 6) is -1.04. The van der Waals surface area contributed by atoms with Crippen LogP contribution in [0.2, 0.25) is 0 Å². The molecule has 1 aliphatic heterocycles. The number of carbonyl (C=O) groups is 2. The first kappa shape index (κ1) is 23.0. The van der Waals surface area contributed by atoms with Gasteiger partial charge >= 0.3 is 12.1 Å². The smallest absolute Gasteiger partial charge is 0.410 e. The molecule has 4 rings (SSSR count). The number of hydrogen-bond donors (Lipinski definition) is 0. The number of amides is 1. The second-order valence-corrected chi connectivity index (χ2v) is 9.69. The minimum absolute atomic E-state index is 0.0895. The van der Waals surface area contributed by atoms with Gasteiger partial charge in [-0.1, -0.05) is 6.08 Å². The Hall–Kier alpha value is -3.16. The van der Waals surface area contributed by atoms with Gasteiger partial charge in [-0.25, -0.2) is 14.0 Å². The first-order valence-electron chi connectivity index (χ1n) is 11.2. The molecule has 8 heteroatoms. The SMILES string of the molecule is COC(=O)c1cc(C2CC2)c2c(C)c(C3=CCN(C(=O)OC(C)(C)C)CC3)c(F)cn2c1=O. The van der Waals surface area contributed by atoms with Crippen LogP contribution in [0, 0.1) is 12.7 Å². The number of rotatable bonds is 3. The Bertz CT molecular complexity index is 1230. The Morgan fingerprint density at radius 3 is 2.45 bits per heavy atom. The van der Waals surface area contributed by atoms with Crippen LogP contribution < -0.4 is 5.56 Å². The van der Waals surface area contributed by atoms with Gasteiger partial charge < -0.3 is 14.4 Å². The molecule has 0 spiro atoms. The van der Waals surface area contributed by atoms with Crippen LogP contribution in [0.15, 0.2) is 23.1 Å². The summed E-state index contributed by atoms with van der Waals surface area (Å²) in [6.07, 6.45) is 4.98. The summed E-state index contributed by atoms with van der Waals surface area (Å²) in [4.78, 5) is 39.1. The van der Waals surface area contributed by atoms with E-state index in [2.05, 4.69) is 0 Å². The molecule has 0 bridgehead atoms. The molecule has 176 valence electrons. The molecule has 2 aromatic heterocycles. The Morgan fingerprint density at radius 2 is 1.91 bits per heavy atom. The van der Waals surface area contributed by atoms with E-state index >= 15 is 4.39 Å². The lowest BCUT2D eigenvalue weighted by Crippen LogP contribution is -2.39. The fourth-order valence-corrected chi connectivity index (χ4v) is 4.40. The lowest BCUT2D eigenvalue weighted by atomic mass is 9.93. The zero-order chi connectivity index (χ0) is 24.1. The summed E-state index contributed by atoms with van der Waals surface area (Å²) in [5, 5.41) is 0. The van der Waals surface area contributed by atoms with Gasteiger partial charge in [-0.15, -0.1) is 0 Å². The quantitative estimate of drug-likeness (QED) is 0.639. The first-order valence-corrected chi connectivity index (χ1v) is 11.2. The van der Waals surface area contributed by atoms with Crippen molar-refractivity contribution in [3.05, 3.63) is 56.8 Å². The minimum Gasteiger partial charge on any atom is -0.465 e. The van der Waals surface area contributed by atoms with Crippen LogP contribution in [-0.4, -0.2) is 47.2 Å². The number of halogens is 1. The third-order valence-electron chi connectivity index (χ3n) is 6.08. The molecule has 0 aromatic carbocycles. The lowest BCUT2D eigenvalue weighted by molar-refractivity contribution is 0.0270. The summed E-state index contributed by atoms with van der Waals surface area (Å²) in [6, 6.07) is 1.61. The summed E-state index contributed by atoms with van der Waals surface area (Å²) < 4.78 is 26.8. The summed E-state index contributed by atoms with van der Waals surface area (Å²) in [7, 11) is 1.22. The van der Waals surface area contributed by atoms with Crippen molar-refractivity contribution in [1.29, 1.82) is 0 Å². The van der Waals surface area contributed by atoms with Gasteiger partial charge in [0.2, 0.25) is 0 Å². The predicted octanol–water partition coefficient (Wildman–Crippen LogP) is 4.44.